The molecule has 1 aliphatic carbocycles. The van der Waals surface area contributed by atoms with Crippen LogP contribution in [-0.4, -0.2) is 37.0 Å². The first-order valence-corrected chi connectivity index (χ1v) is 5.71. The summed E-state index contributed by atoms with van der Waals surface area (Å²) in [6, 6.07) is -0.0412. The zero-order valence-electron chi connectivity index (χ0n) is 9.16. The van der Waals surface area contributed by atoms with Crippen molar-refractivity contribution < 1.29 is 9.59 Å². The van der Waals surface area contributed by atoms with E-state index in [1.807, 2.05) is 0 Å². The van der Waals surface area contributed by atoms with Crippen molar-refractivity contribution in [3.63, 3.8) is 0 Å². The average Bonchev–Trinajstić information content (AvgIpc) is 2.31. The largest absolute Gasteiger partial charge is 0.353 e. The highest BCUT2D eigenvalue weighted by atomic mass is 16.2. The van der Waals surface area contributed by atoms with Crippen LogP contribution in [0, 0.1) is 0 Å². The molecule has 2 atom stereocenters. The highest BCUT2D eigenvalue weighted by molar-refractivity contribution is 5.86. The van der Waals surface area contributed by atoms with Crippen molar-refractivity contribution in [2.45, 2.75) is 31.3 Å². The molecule has 5 nitrogen and oxygen atoms in total. The number of hydrogen-bond donors (Lipinski definition) is 3. The summed E-state index contributed by atoms with van der Waals surface area (Å²) in [6.07, 6.45) is 7.18. The van der Waals surface area contributed by atoms with Crippen LogP contribution in [0.1, 0.15) is 19.3 Å². The molecule has 0 saturated carbocycles. The summed E-state index contributed by atoms with van der Waals surface area (Å²) >= 11 is 0. The van der Waals surface area contributed by atoms with Crippen LogP contribution in [0.5, 0.6) is 0 Å². The fourth-order valence-corrected chi connectivity index (χ4v) is 1.98. The SMILES string of the molecule is O=C1CNC(C(=O)NC2CC=CCC2)CN1. The minimum absolute atomic E-state index is 0.0136. The first-order chi connectivity index (χ1) is 7.75. The lowest BCUT2D eigenvalue weighted by atomic mass is 10.0. The summed E-state index contributed by atoms with van der Waals surface area (Å²) in [5.74, 6) is -0.0649. The molecule has 88 valence electrons. The van der Waals surface area contributed by atoms with E-state index in [2.05, 4.69) is 28.1 Å². The molecule has 0 aromatic heterocycles. The van der Waals surface area contributed by atoms with Crippen LogP contribution in [0.3, 0.4) is 0 Å². The maximum absolute atomic E-state index is 11.8. The molecule has 1 aliphatic heterocycles. The second-order valence-corrected chi connectivity index (χ2v) is 4.23. The molecule has 16 heavy (non-hydrogen) atoms. The first-order valence-electron chi connectivity index (χ1n) is 5.71. The number of carbonyl (C=O) groups excluding carboxylic acids is 2. The number of rotatable bonds is 2. The molecule has 2 aliphatic rings. The lowest BCUT2D eigenvalue weighted by Crippen LogP contribution is -2.59. The fraction of sp³-hybridized carbons (Fsp3) is 0.636. The molecular formula is C11H17N3O2. The van der Waals surface area contributed by atoms with Crippen molar-refractivity contribution in [1.82, 2.24) is 16.0 Å². The van der Waals surface area contributed by atoms with Crippen LogP contribution in [0.15, 0.2) is 12.2 Å². The van der Waals surface area contributed by atoms with Crippen molar-refractivity contribution in [3.8, 4) is 0 Å². The van der Waals surface area contributed by atoms with Crippen LogP contribution in [0.4, 0.5) is 0 Å². The van der Waals surface area contributed by atoms with Gasteiger partial charge in [-0.2, -0.15) is 0 Å². The quantitative estimate of drug-likeness (QED) is 0.542. The van der Waals surface area contributed by atoms with Gasteiger partial charge < -0.3 is 10.6 Å². The zero-order valence-corrected chi connectivity index (χ0v) is 9.16. The molecule has 3 N–H and O–H groups in total. The standard InChI is InChI=1S/C11H17N3O2/c15-10-7-12-9(6-13-10)11(16)14-8-4-2-1-3-5-8/h1-2,8-9,12H,3-7H2,(H,13,15)(H,14,16). The third-order valence-corrected chi connectivity index (χ3v) is 2.94. The molecule has 1 fully saturated rings. The van der Waals surface area contributed by atoms with Crippen LogP contribution in [0.25, 0.3) is 0 Å². The molecule has 1 heterocycles. The molecule has 0 radical (unpaired) electrons. The Morgan fingerprint density at radius 2 is 2.31 bits per heavy atom. The third kappa shape index (κ3) is 2.82. The minimum Gasteiger partial charge on any atom is -0.353 e. The summed E-state index contributed by atoms with van der Waals surface area (Å²) in [5.41, 5.74) is 0. The van der Waals surface area contributed by atoms with E-state index in [1.165, 1.54) is 0 Å². The van der Waals surface area contributed by atoms with Crippen LogP contribution < -0.4 is 16.0 Å². The predicted octanol–water partition coefficient (Wildman–Crippen LogP) is -0.701. The maximum atomic E-state index is 11.8. The van der Waals surface area contributed by atoms with E-state index in [-0.39, 0.29) is 30.4 Å². The Morgan fingerprint density at radius 3 is 2.94 bits per heavy atom. The summed E-state index contributed by atoms with van der Waals surface area (Å²) in [6.45, 7) is 0.607. The van der Waals surface area contributed by atoms with Gasteiger partial charge in [0.25, 0.3) is 0 Å². The summed E-state index contributed by atoms with van der Waals surface area (Å²) in [5, 5.41) is 8.59. The van der Waals surface area contributed by atoms with E-state index in [1.54, 1.807) is 0 Å². The molecule has 5 heteroatoms. The van der Waals surface area contributed by atoms with E-state index in [0.717, 1.165) is 19.3 Å². The second-order valence-electron chi connectivity index (χ2n) is 4.23. The Kier molecular flexibility index (Phi) is 3.56. The number of amides is 2. The van der Waals surface area contributed by atoms with Crippen LogP contribution in [-0.2, 0) is 9.59 Å². The van der Waals surface area contributed by atoms with E-state index in [0.29, 0.717) is 6.54 Å². The van der Waals surface area contributed by atoms with Gasteiger partial charge in [0.1, 0.15) is 6.04 Å². The summed E-state index contributed by atoms with van der Waals surface area (Å²) in [4.78, 5) is 22.7. The fourth-order valence-electron chi connectivity index (χ4n) is 1.98. The van der Waals surface area contributed by atoms with Gasteiger partial charge in [0.2, 0.25) is 11.8 Å². The number of allylic oxidation sites excluding steroid dienone is 1. The van der Waals surface area contributed by atoms with Crippen molar-refractivity contribution in [3.05, 3.63) is 12.2 Å². The Morgan fingerprint density at radius 1 is 1.44 bits per heavy atom. The highest BCUT2D eigenvalue weighted by Gasteiger charge is 2.25. The third-order valence-electron chi connectivity index (χ3n) is 2.94. The number of carbonyl (C=O) groups is 2. The normalized spacial score (nSPS) is 29.6. The summed E-state index contributed by atoms with van der Waals surface area (Å²) < 4.78 is 0. The topological polar surface area (TPSA) is 70.2 Å². The van der Waals surface area contributed by atoms with E-state index in [4.69, 9.17) is 0 Å². The molecule has 0 aromatic rings. The molecule has 0 spiro atoms. The van der Waals surface area contributed by atoms with Gasteiger partial charge in [-0.1, -0.05) is 12.2 Å². The van der Waals surface area contributed by atoms with Gasteiger partial charge >= 0.3 is 0 Å². The summed E-state index contributed by atoms with van der Waals surface area (Å²) in [7, 11) is 0. The molecule has 0 aromatic carbocycles. The molecule has 2 unspecified atom stereocenters. The Labute approximate surface area is 94.7 Å². The number of piperazine rings is 1. The molecule has 2 amide bonds. The average molecular weight is 223 g/mol. The molecule has 0 bridgehead atoms. The van der Waals surface area contributed by atoms with Gasteiger partial charge in [0.05, 0.1) is 6.54 Å². The first kappa shape index (κ1) is 11.1. The van der Waals surface area contributed by atoms with Crippen molar-refractivity contribution >= 4 is 11.8 Å². The van der Waals surface area contributed by atoms with E-state index in [9.17, 15) is 9.59 Å². The Hall–Kier alpha value is -1.36. The van der Waals surface area contributed by atoms with Gasteiger partial charge in [-0.25, -0.2) is 0 Å². The van der Waals surface area contributed by atoms with Crippen LogP contribution >= 0.6 is 0 Å². The predicted molar refractivity (Wildman–Crippen MR) is 59.7 cm³/mol. The zero-order chi connectivity index (χ0) is 11.4. The van der Waals surface area contributed by atoms with Gasteiger partial charge in [-0.05, 0) is 19.3 Å². The number of nitrogens with one attached hydrogen (secondary N) is 3. The van der Waals surface area contributed by atoms with E-state index < -0.39 is 0 Å². The number of hydrogen-bond acceptors (Lipinski definition) is 3. The molecule has 2 rings (SSSR count). The lowest BCUT2D eigenvalue weighted by molar-refractivity contribution is -0.127. The van der Waals surface area contributed by atoms with Crippen molar-refractivity contribution in [2.75, 3.05) is 13.1 Å². The van der Waals surface area contributed by atoms with Gasteiger partial charge in [0, 0.05) is 12.6 Å². The van der Waals surface area contributed by atoms with Gasteiger partial charge in [-0.3, -0.25) is 14.9 Å². The second kappa shape index (κ2) is 5.12. The van der Waals surface area contributed by atoms with Crippen molar-refractivity contribution in [2.24, 2.45) is 0 Å². The maximum Gasteiger partial charge on any atom is 0.239 e. The van der Waals surface area contributed by atoms with Crippen molar-refractivity contribution in [1.29, 1.82) is 0 Å². The minimum atomic E-state index is -0.288. The Bertz CT molecular complexity index is 304. The highest BCUT2D eigenvalue weighted by Crippen LogP contribution is 2.10. The Balaban J connectivity index is 1.79. The molecular weight excluding hydrogens is 206 g/mol. The van der Waals surface area contributed by atoms with Crippen LogP contribution in [0.2, 0.25) is 0 Å². The van der Waals surface area contributed by atoms with Gasteiger partial charge in [0.15, 0.2) is 0 Å². The molecule has 1 saturated heterocycles. The van der Waals surface area contributed by atoms with Gasteiger partial charge in [-0.15, -0.1) is 0 Å². The lowest BCUT2D eigenvalue weighted by Gasteiger charge is -2.26. The monoisotopic (exact) mass is 223 g/mol. The smallest absolute Gasteiger partial charge is 0.239 e. The van der Waals surface area contributed by atoms with E-state index >= 15 is 0 Å².